The Morgan fingerprint density at radius 2 is 1.34 bits per heavy atom. The van der Waals surface area contributed by atoms with E-state index in [-0.39, 0.29) is 19.2 Å². The van der Waals surface area contributed by atoms with Crippen molar-refractivity contribution >= 4 is 37.4 Å². The summed E-state index contributed by atoms with van der Waals surface area (Å²) in [6.45, 7) is 25.6. The fraction of sp³-hybridized carbons (Fsp3) is 0.786. The van der Waals surface area contributed by atoms with Crippen molar-refractivity contribution in [2.45, 2.75) is 110 Å². The minimum Gasteiger partial charge on any atom is -0.462 e. The molecular formula is C28H56O10Si3. The van der Waals surface area contributed by atoms with Crippen LogP contribution in [0.2, 0.25) is 44.8 Å². The number of ether oxygens (including phenoxy) is 3. The summed E-state index contributed by atoms with van der Waals surface area (Å²) in [4.78, 5) is 23.4. The van der Waals surface area contributed by atoms with Crippen molar-refractivity contribution in [3.05, 3.63) is 24.3 Å². The summed E-state index contributed by atoms with van der Waals surface area (Å²) in [7, 11) is -7.67. The number of hydrogen-bond acceptors (Lipinski definition) is 10. The van der Waals surface area contributed by atoms with Gasteiger partial charge in [-0.3, -0.25) is 0 Å². The summed E-state index contributed by atoms with van der Waals surface area (Å²) in [5.74, 6) is -0.781. The van der Waals surface area contributed by atoms with Crippen LogP contribution in [0.5, 0.6) is 0 Å². The third-order valence-corrected chi connectivity index (χ3v) is 17.4. The van der Waals surface area contributed by atoms with E-state index in [4.69, 9.17) is 32.0 Å². The van der Waals surface area contributed by atoms with Gasteiger partial charge in [0.1, 0.15) is 6.10 Å². The summed E-state index contributed by atoms with van der Waals surface area (Å²) >= 11 is 0. The first-order valence-corrected chi connectivity index (χ1v) is 22.8. The van der Waals surface area contributed by atoms with Crippen molar-refractivity contribution in [3.8, 4) is 0 Å². The van der Waals surface area contributed by atoms with Crippen LogP contribution in [-0.4, -0.2) is 92.3 Å². The van der Waals surface area contributed by atoms with E-state index in [9.17, 15) is 14.7 Å². The summed E-state index contributed by atoms with van der Waals surface area (Å²) in [5.41, 5.74) is 0.258. The third kappa shape index (κ3) is 19.6. The third-order valence-electron chi connectivity index (χ3n) is 5.93. The standard InChI is InChI=1S/C28H56O10Si3/c1-23(2)26(31)34-17-12-15-28(5,6)36-40(9,10)38-41(11,20-13-16-33-22-25(30)21-29)37-39(7,8)19-14-18-35-27(32)24(3)4/h25,29-30H,1,3,12-22H2,2,4-11H3. The topological polar surface area (TPSA) is 130 Å². The minimum absolute atomic E-state index is 0.0683. The number of carbonyl (C=O) groups excluding carboxylic acids is 2. The molecule has 0 aliphatic rings. The molecule has 41 heavy (non-hydrogen) atoms. The molecule has 0 aliphatic heterocycles. The maximum atomic E-state index is 11.7. The van der Waals surface area contributed by atoms with Gasteiger partial charge in [-0.15, -0.1) is 0 Å². The van der Waals surface area contributed by atoms with Crippen LogP contribution in [0.3, 0.4) is 0 Å². The maximum absolute atomic E-state index is 11.7. The van der Waals surface area contributed by atoms with E-state index in [0.717, 1.165) is 6.04 Å². The molecule has 0 spiro atoms. The first-order chi connectivity index (χ1) is 18.7. The van der Waals surface area contributed by atoms with Gasteiger partial charge in [0.15, 0.2) is 8.32 Å². The molecule has 13 heteroatoms. The van der Waals surface area contributed by atoms with Crippen LogP contribution in [0.25, 0.3) is 0 Å². The number of carbonyl (C=O) groups is 2. The highest BCUT2D eigenvalue weighted by atomic mass is 28.5. The highest BCUT2D eigenvalue weighted by molar-refractivity contribution is 6.87. The van der Waals surface area contributed by atoms with Crippen LogP contribution in [-0.2, 0) is 36.5 Å². The van der Waals surface area contributed by atoms with Crippen molar-refractivity contribution in [2.24, 2.45) is 0 Å². The van der Waals surface area contributed by atoms with Crippen LogP contribution >= 0.6 is 0 Å². The summed E-state index contributed by atoms with van der Waals surface area (Å²) in [5, 5.41) is 18.5. The van der Waals surface area contributed by atoms with E-state index in [1.54, 1.807) is 13.8 Å². The fourth-order valence-corrected chi connectivity index (χ4v) is 18.3. The van der Waals surface area contributed by atoms with Gasteiger partial charge in [0.2, 0.25) is 0 Å². The van der Waals surface area contributed by atoms with Crippen LogP contribution in [0, 0.1) is 0 Å². The van der Waals surface area contributed by atoms with Crippen molar-refractivity contribution in [1.82, 2.24) is 0 Å². The van der Waals surface area contributed by atoms with Crippen LogP contribution in [0.4, 0.5) is 0 Å². The lowest BCUT2D eigenvalue weighted by Crippen LogP contribution is -2.57. The summed E-state index contributed by atoms with van der Waals surface area (Å²) in [6.07, 6.45) is 1.78. The molecule has 2 atom stereocenters. The molecule has 10 nitrogen and oxygen atoms in total. The molecule has 0 aromatic carbocycles. The average molecular weight is 637 g/mol. The molecular weight excluding hydrogens is 581 g/mol. The Hall–Kier alpha value is -1.17. The Bertz CT molecular complexity index is 847. The quantitative estimate of drug-likeness (QED) is 0.0687. The van der Waals surface area contributed by atoms with Crippen molar-refractivity contribution < 1.29 is 46.7 Å². The molecule has 0 aromatic heterocycles. The van der Waals surface area contributed by atoms with Gasteiger partial charge < -0.3 is 37.1 Å². The number of esters is 2. The zero-order valence-electron chi connectivity index (χ0n) is 26.9. The Morgan fingerprint density at radius 1 is 0.829 bits per heavy atom. The second-order valence-electron chi connectivity index (χ2n) is 12.4. The molecule has 0 amide bonds. The van der Waals surface area contributed by atoms with Crippen LogP contribution in [0.15, 0.2) is 24.3 Å². The molecule has 2 N–H and O–H groups in total. The fourth-order valence-electron chi connectivity index (χ4n) is 4.35. The molecule has 0 bridgehead atoms. The maximum Gasteiger partial charge on any atom is 0.333 e. The molecule has 0 saturated heterocycles. The lowest BCUT2D eigenvalue weighted by atomic mass is 10.0. The largest absolute Gasteiger partial charge is 0.462 e. The second-order valence-corrected chi connectivity index (χ2v) is 23.8. The van der Waals surface area contributed by atoms with E-state index in [2.05, 4.69) is 32.8 Å². The van der Waals surface area contributed by atoms with Crippen LogP contribution < -0.4 is 0 Å². The molecule has 0 radical (unpaired) electrons. The van der Waals surface area contributed by atoms with Gasteiger partial charge in [0.05, 0.1) is 32.0 Å². The zero-order chi connectivity index (χ0) is 31.9. The van der Waals surface area contributed by atoms with Crippen molar-refractivity contribution in [2.75, 3.05) is 33.0 Å². The SMILES string of the molecule is C=C(C)C(=O)OCCCC(C)(C)O[Si](C)(C)O[Si](C)(CCCOCC(O)CO)O[Si](C)(C)CCCOC(=O)C(=C)C. The first-order valence-electron chi connectivity index (χ1n) is 14.4. The lowest BCUT2D eigenvalue weighted by molar-refractivity contribution is -0.140. The Kier molecular flexibility index (Phi) is 18.0. The monoisotopic (exact) mass is 636 g/mol. The molecule has 0 aromatic rings. The Morgan fingerprint density at radius 3 is 1.85 bits per heavy atom. The normalized spacial score (nSPS) is 14.7. The molecule has 0 rings (SSSR count). The summed E-state index contributed by atoms with van der Waals surface area (Å²) in [6, 6.07) is 1.46. The lowest BCUT2D eigenvalue weighted by Gasteiger charge is -2.43. The van der Waals surface area contributed by atoms with Crippen LogP contribution in [0.1, 0.15) is 53.4 Å². The van der Waals surface area contributed by atoms with E-state index in [1.807, 2.05) is 26.9 Å². The molecule has 0 heterocycles. The van der Waals surface area contributed by atoms with E-state index < -0.39 is 43.1 Å². The number of aliphatic hydroxyl groups is 2. The molecule has 0 fully saturated rings. The zero-order valence-corrected chi connectivity index (χ0v) is 29.9. The Balaban J connectivity index is 5.32. The average Bonchev–Trinajstić information content (AvgIpc) is 2.81. The van der Waals surface area contributed by atoms with Gasteiger partial charge in [0, 0.05) is 17.8 Å². The van der Waals surface area contributed by atoms with E-state index in [1.165, 1.54) is 0 Å². The molecule has 0 aliphatic carbocycles. The van der Waals surface area contributed by atoms with E-state index in [0.29, 0.717) is 62.7 Å². The van der Waals surface area contributed by atoms with Crippen molar-refractivity contribution in [3.63, 3.8) is 0 Å². The van der Waals surface area contributed by atoms with Gasteiger partial charge in [-0.25, -0.2) is 9.59 Å². The van der Waals surface area contributed by atoms with Gasteiger partial charge >= 0.3 is 29.1 Å². The smallest absolute Gasteiger partial charge is 0.333 e. The van der Waals surface area contributed by atoms with Crippen molar-refractivity contribution in [1.29, 1.82) is 0 Å². The molecule has 240 valence electrons. The predicted molar refractivity (Wildman–Crippen MR) is 167 cm³/mol. The predicted octanol–water partition coefficient (Wildman–Crippen LogP) is 4.96. The highest BCUT2D eigenvalue weighted by Gasteiger charge is 2.45. The number of hydrogen-bond donors (Lipinski definition) is 2. The van der Waals surface area contributed by atoms with Gasteiger partial charge in [-0.2, -0.15) is 0 Å². The number of aliphatic hydroxyl groups excluding tert-OH is 2. The second kappa shape index (κ2) is 18.5. The van der Waals surface area contributed by atoms with E-state index >= 15 is 0 Å². The summed E-state index contributed by atoms with van der Waals surface area (Å²) < 4.78 is 36.3. The van der Waals surface area contributed by atoms with Gasteiger partial charge in [-0.05, 0) is 98.2 Å². The van der Waals surface area contributed by atoms with Gasteiger partial charge in [0.25, 0.3) is 0 Å². The minimum atomic E-state index is -2.77. The Labute approximate surface area is 251 Å². The first kappa shape index (κ1) is 39.8. The molecule has 0 saturated carbocycles. The molecule has 2 unspecified atom stereocenters. The highest BCUT2D eigenvalue weighted by Crippen LogP contribution is 2.31. The number of rotatable bonds is 23. The van der Waals surface area contributed by atoms with Gasteiger partial charge in [-0.1, -0.05) is 13.2 Å².